The summed E-state index contributed by atoms with van der Waals surface area (Å²) in [6.45, 7) is 9.42. The van der Waals surface area contributed by atoms with Crippen LogP contribution in [0.2, 0.25) is 0 Å². The number of ether oxygens (including phenoxy) is 1. The van der Waals surface area contributed by atoms with Gasteiger partial charge in [-0.05, 0) is 13.8 Å². The van der Waals surface area contributed by atoms with Gasteiger partial charge in [0, 0.05) is 45.4 Å². The van der Waals surface area contributed by atoms with Gasteiger partial charge >= 0.3 is 0 Å². The zero-order valence-electron chi connectivity index (χ0n) is 10.6. The molecule has 0 aromatic heterocycles. The van der Waals surface area contributed by atoms with Gasteiger partial charge in [0.15, 0.2) is 0 Å². The van der Waals surface area contributed by atoms with Gasteiger partial charge in [0.25, 0.3) is 0 Å². The molecule has 0 aromatic rings. The Morgan fingerprint density at radius 2 is 2.25 bits per heavy atom. The van der Waals surface area contributed by atoms with Gasteiger partial charge in [0.05, 0.1) is 19.1 Å². The van der Waals surface area contributed by atoms with Crippen molar-refractivity contribution in [2.24, 2.45) is 0 Å². The van der Waals surface area contributed by atoms with Gasteiger partial charge in [-0.15, -0.1) is 0 Å². The van der Waals surface area contributed by atoms with Crippen LogP contribution in [0.4, 0.5) is 0 Å². The van der Waals surface area contributed by atoms with Crippen LogP contribution < -0.4 is 0 Å². The first-order valence-corrected chi connectivity index (χ1v) is 6.03. The fraction of sp³-hybridized carbons (Fsp3) is 0.917. The van der Waals surface area contributed by atoms with Gasteiger partial charge in [-0.25, -0.2) is 0 Å². The maximum absolute atomic E-state index is 8.70. The van der Waals surface area contributed by atoms with E-state index in [0.717, 1.165) is 32.8 Å². The lowest BCUT2D eigenvalue weighted by Gasteiger charge is -2.41. The van der Waals surface area contributed by atoms with Crippen LogP contribution >= 0.6 is 0 Å². The minimum absolute atomic E-state index is 0.386. The molecule has 0 unspecified atom stereocenters. The van der Waals surface area contributed by atoms with Crippen molar-refractivity contribution in [2.45, 2.75) is 32.4 Å². The lowest BCUT2D eigenvalue weighted by molar-refractivity contribution is 0.0430. The first kappa shape index (κ1) is 13.4. The van der Waals surface area contributed by atoms with Crippen LogP contribution in [0, 0.1) is 11.3 Å². The Morgan fingerprint density at radius 3 is 2.81 bits per heavy atom. The van der Waals surface area contributed by atoms with E-state index in [1.807, 2.05) is 0 Å². The highest BCUT2D eigenvalue weighted by atomic mass is 16.5. The summed E-state index contributed by atoms with van der Waals surface area (Å²) >= 11 is 0. The van der Waals surface area contributed by atoms with E-state index < -0.39 is 0 Å². The third kappa shape index (κ3) is 3.75. The summed E-state index contributed by atoms with van der Waals surface area (Å²) in [6.07, 6.45) is 0.630. The lowest BCUT2D eigenvalue weighted by atomic mass is 10.1. The molecule has 0 aliphatic carbocycles. The highest BCUT2D eigenvalue weighted by Gasteiger charge is 2.25. The zero-order chi connectivity index (χ0) is 12.0. The molecule has 0 bridgehead atoms. The highest BCUT2D eigenvalue weighted by Crippen LogP contribution is 2.13. The van der Waals surface area contributed by atoms with Crippen LogP contribution in [0.3, 0.4) is 0 Å². The molecule has 16 heavy (non-hydrogen) atoms. The first-order chi connectivity index (χ1) is 7.69. The van der Waals surface area contributed by atoms with E-state index in [4.69, 9.17) is 10.00 Å². The first-order valence-electron chi connectivity index (χ1n) is 6.03. The number of nitriles is 1. The molecule has 0 saturated carbocycles. The number of piperazine rings is 1. The van der Waals surface area contributed by atoms with Crippen molar-refractivity contribution < 1.29 is 4.74 Å². The van der Waals surface area contributed by atoms with Gasteiger partial charge in [0.2, 0.25) is 0 Å². The highest BCUT2D eigenvalue weighted by molar-refractivity contribution is 4.86. The van der Waals surface area contributed by atoms with Crippen molar-refractivity contribution in [3.05, 3.63) is 0 Å². The second kappa shape index (κ2) is 6.85. The van der Waals surface area contributed by atoms with Crippen LogP contribution in [-0.4, -0.2) is 61.8 Å². The zero-order valence-corrected chi connectivity index (χ0v) is 10.6. The van der Waals surface area contributed by atoms with Gasteiger partial charge in [-0.2, -0.15) is 5.26 Å². The SMILES string of the molecule is COCCN1CCN([C@@H](C)CC#N)C[C@@H]1C. The monoisotopic (exact) mass is 225 g/mol. The summed E-state index contributed by atoms with van der Waals surface area (Å²) in [4.78, 5) is 4.87. The molecule has 0 aromatic carbocycles. The molecule has 2 atom stereocenters. The van der Waals surface area contributed by atoms with Crippen molar-refractivity contribution in [2.75, 3.05) is 39.9 Å². The number of nitrogens with zero attached hydrogens (tertiary/aromatic N) is 3. The Kier molecular flexibility index (Phi) is 5.75. The molecule has 1 saturated heterocycles. The molecule has 0 spiro atoms. The molecule has 92 valence electrons. The molecule has 4 nitrogen and oxygen atoms in total. The molecule has 1 heterocycles. The molecule has 0 amide bonds. The van der Waals surface area contributed by atoms with Gasteiger partial charge in [-0.3, -0.25) is 9.80 Å². The predicted octanol–water partition coefficient (Wildman–Crippen LogP) is 0.941. The quantitative estimate of drug-likeness (QED) is 0.698. The topological polar surface area (TPSA) is 39.5 Å². The minimum atomic E-state index is 0.386. The van der Waals surface area contributed by atoms with Crippen molar-refractivity contribution in [3.8, 4) is 6.07 Å². The number of hydrogen-bond acceptors (Lipinski definition) is 4. The van der Waals surface area contributed by atoms with Crippen LogP contribution in [0.1, 0.15) is 20.3 Å². The van der Waals surface area contributed by atoms with Crippen LogP contribution in [0.25, 0.3) is 0 Å². The Bertz CT molecular complexity index is 239. The van der Waals surface area contributed by atoms with E-state index in [2.05, 4.69) is 29.7 Å². The largest absolute Gasteiger partial charge is 0.383 e. The summed E-state index contributed by atoms with van der Waals surface area (Å²) in [5.74, 6) is 0. The Morgan fingerprint density at radius 1 is 1.50 bits per heavy atom. The van der Waals surface area contributed by atoms with E-state index in [-0.39, 0.29) is 0 Å². The molecule has 0 radical (unpaired) electrons. The van der Waals surface area contributed by atoms with Crippen molar-refractivity contribution >= 4 is 0 Å². The van der Waals surface area contributed by atoms with Crippen LogP contribution in [0.5, 0.6) is 0 Å². The normalized spacial score (nSPS) is 25.2. The van der Waals surface area contributed by atoms with Crippen molar-refractivity contribution in [1.29, 1.82) is 5.26 Å². The van der Waals surface area contributed by atoms with Gasteiger partial charge < -0.3 is 4.74 Å². The Balaban J connectivity index is 2.36. The Labute approximate surface area is 98.8 Å². The van der Waals surface area contributed by atoms with Gasteiger partial charge in [0.1, 0.15) is 0 Å². The molecule has 4 heteroatoms. The molecule has 0 N–H and O–H groups in total. The second-order valence-electron chi connectivity index (χ2n) is 4.58. The van der Waals surface area contributed by atoms with Crippen LogP contribution in [-0.2, 0) is 4.74 Å². The maximum Gasteiger partial charge on any atom is 0.0638 e. The lowest BCUT2D eigenvalue weighted by Crippen LogP contribution is -2.54. The average Bonchev–Trinajstić information content (AvgIpc) is 2.27. The Hall–Kier alpha value is -0.630. The van der Waals surface area contributed by atoms with Crippen molar-refractivity contribution in [1.82, 2.24) is 9.80 Å². The maximum atomic E-state index is 8.70. The summed E-state index contributed by atoms with van der Waals surface area (Å²) in [7, 11) is 1.75. The summed E-state index contributed by atoms with van der Waals surface area (Å²) in [6, 6.07) is 3.20. The molecule has 1 aliphatic heterocycles. The van der Waals surface area contributed by atoms with E-state index in [0.29, 0.717) is 18.5 Å². The van der Waals surface area contributed by atoms with E-state index in [9.17, 15) is 0 Å². The van der Waals surface area contributed by atoms with E-state index in [1.54, 1.807) is 7.11 Å². The third-order valence-corrected chi connectivity index (χ3v) is 3.39. The summed E-state index contributed by atoms with van der Waals surface area (Å²) in [5.41, 5.74) is 0. The molecule has 1 fully saturated rings. The third-order valence-electron chi connectivity index (χ3n) is 3.39. The van der Waals surface area contributed by atoms with E-state index in [1.165, 1.54) is 0 Å². The fourth-order valence-corrected chi connectivity index (χ4v) is 2.23. The number of rotatable bonds is 5. The van der Waals surface area contributed by atoms with Gasteiger partial charge in [-0.1, -0.05) is 0 Å². The number of hydrogen-bond donors (Lipinski definition) is 0. The van der Waals surface area contributed by atoms with E-state index >= 15 is 0 Å². The minimum Gasteiger partial charge on any atom is -0.383 e. The molecule has 1 aliphatic rings. The summed E-state index contributed by atoms with van der Waals surface area (Å²) < 4.78 is 5.11. The summed E-state index contributed by atoms with van der Waals surface area (Å²) in [5, 5.41) is 8.70. The average molecular weight is 225 g/mol. The smallest absolute Gasteiger partial charge is 0.0638 e. The standard InChI is InChI=1S/C12H23N3O/c1-11(4-5-13)15-7-6-14(8-9-16-3)12(2)10-15/h11-12H,4,6-10H2,1-3H3/t11-,12-/m0/s1. The number of methoxy groups -OCH3 is 1. The molecule has 1 rings (SSSR count). The molecular weight excluding hydrogens is 202 g/mol. The second-order valence-corrected chi connectivity index (χ2v) is 4.58. The fourth-order valence-electron chi connectivity index (χ4n) is 2.23. The van der Waals surface area contributed by atoms with Crippen LogP contribution in [0.15, 0.2) is 0 Å². The van der Waals surface area contributed by atoms with Crippen molar-refractivity contribution in [3.63, 3.8) is 0 Å². The molecular formula is C12H23N3O. The predicted molar refractivity (Wildman–Crippen MR) is 64.2 cm³/mol.